The summed E-state index contributed by atoms with van der Waals surface area (Å²) < 4.78 is 2.04. The molecule has 1 heterocycles. The van der Waals surface area contributed by atoms with E-state index in [0.29, 0.717) is 0 Å². The molecule has 0 atom stereocenters. The molecule has 0 aliphatic heterocycles. The van der Waals surface area contributed by atoms with Crippen LogP contribution >= 0.6 is 11.3 Å². The van der Waals surface area contributed by atoms with Crippen molar-refractivity contribution in [1.82, 2.24) is 0 Å². The molecule has 6 aromatic carbocycles. The quantitative estimate of drug-likeness (QED) is 0.233. The first kappa shape index (κ1) is 20.1. The van der Waals surface area contributed by atoms with Gasteiger partial charge in [-0.3, -0.25) is 4.79 Å². The first-order valence-electron chi connectivity index (χ1n) is 11.7. The van der Waals surface area contributed by atoms with Crippen LogP contribution in [0.15, 0.2) is 126 Å². The maximum Gasteiger partial charge on any atom is 0.195 e. The summed E-state index contributed by atoms with van der Waals surface area (Å²) in [5.74, 6) is 0. The fraction of sp³-hybridized carbons (Fsp3) is 0. The lowest BCUT2D eigenvalue weighted by molar-refractivity contribution is 1.66. The van der Waals surface area contributed by atoms with Gasteiger partial charge in [0, 0.05) is 20.2 Å². The highest BCUT2D eigenvalue weighted by atomic mass is 32.1. The molecule has 0 aliphatic rings. The molecule has 7 rings (SSSR count). The van der Waals surface area contributed by atoms with Crippen molar-refractivity contribution in [1.29, 1.82) is 0 Å². The standard InChI is InChI=1S/C33H20OS/c34-33-25-17-9-10-18-29(25)35-30-20-27-26(19-28(30)33)31(21-11-3-1-4-12-21)23-15-7-8-16-24(23)32(27)22-13-5-2-6-14-22/h1-20H. The minimum atomic E-state index is 0.102. The van der Waals surface area contributed by atoms with Crippen molar-refractivity contribution in [3.8, 4) is 22.3 Å². The highest BCUT2D eigenvalue weighted by molar-refractivity contribution is 7.24. The minimum absolute atomic E-state index is 0.102. The van der Waals surface area contributed by atoms with Gasteiger partial charge in [0.1, 0.15) is 0 Å². The maximum atomic E-state index is 13.6. The third kappa shape index (κ3) is 3.11. The zero-order valence-corrected chi connectivity index (χ0v) is 19.7. The molecule has 0 saturated carbocycles. The van der Waals surface area contributed by atoms with Gasteiger partial charge in [-0.1, -0.05) is 97.1 Å². The van der Waals surface area contributed by atoms with Crippen LogP contribution in [0.2, 0.25) is 0 Å². The van der Waals surface area contributed by atoms with E-state index in [9.17, 15) is 4.79 Å². The van der Waals surface area contributed by atoms with E-state index >= 15 is 0 Å². The van der Waals surface area contributed by atoms with E-state index in [1.165, 1.54) is 32.8 Å². The first-order valence-corrected chi connectivity index (χ1v) is 12.6. The topological polar surface area (TPSA) is 17.1 Å². The molecule has 1 aromatic heterocycles. The molecule has 1 nitrogen and oxygen atoms in total. The summed E-state index contributed by atoms with van der Waals surface area (Å²) in [5, 5.41) is 6.27. The Morgan fingerprint density at radius 2 is 0.886 bits per heavy atom. The second-order valence-electron chi connectivity index (χ2n) is 8.85. The molecule has 0 radical (unpaired) electrons. The lowest BCUT2D eigenvalue weighted by atomic mass is 9.85. The van der Waals surface area contributed by atoms with Crippen LogP contribution < -0.4 is 5.43 Å². The summed E-state index contributed by atoms with van der Waals surface area (Å²) in [6.07, 6.45) is 0. The van der Waals surface area contributed by atoms with Gasteiger partial charge < -0.3 is 0 Å². The van der Waals surface area contributed by atoms with E-state index in [-0.39, 0.29) is 5.43 Å². The van der Waals surface area contributed by atoms with Crippen molar-refractivity contribution in [2.24, 2.45) is 0 Å². The molecule has 0 amide bonds. The highest BCUT2D eigenvalue weighted by Crippen LogP contribution is 2.45. The van der Waals surface area contributed by atoms with Crippen molar-refractivity contribution in [2.75, 3.05) is 0 Å². The van der Waals surface area contributed by atoms with Gasteiger partial charge in [-0.05, 0) is 68.1 Å². The Morgan fingerprint density at radius 1 is 0.400 bits per heavy atom. The minimum Gasteiger partial charge on any atom is -0.289 e. The molecule has 0 saturated heterocycles. The number of rotatable bonds is 2. The van der Waals surface area contributed by atoms with Gasteiger partial charge in [-0.15, -0.1) is 11.3 Å². The molecule has 0 fully saturated rings. The van der Waals surface area contributed by atoms with Crippen LogP contribution in [0.5, 0.6) is 0 Å². The second kappa shape index (κ2) is 7.90. The van der Waals surface area contributed by atoms with E-state index in [0.717, 1.165) is 31.1 Å². The Balaban J connectivity index is 1.76. The molecule has 0 unspecified atom stereocenters. The van der Waals surface area contributed by atoms with E-state index < -0.39 is 0 Å². The maximum absolute atomic E-state index is 13.6. The molecule has 2 heteroatoms. The van der Waals surface area contributed by atoms with Crippen molar-refractivity contribution in [2.45, 2.75) is 0 Å². The van der Waals surface area contributed by atoms with Crippen molar-refractivity contribution >= 4 is 53.1 Å². The van der Waals surface area contributed by atoms with Gasteiger partial charge in [0.25, 0.3) is 0 Å². The zero-order chi connectivity index (χ0) is 23.4. The number of fused-ring (bicyclic) bond motifs is 4. The van der Waals surface area contributed by atoms with Crippen LogP contribution in [0.25, 0.3) is 64.0 Å². The van der Waals surface area contributed by atoms with Gasteiger partial charge in [0.2, 0.25) is 0 Å². The summed E-state index contributed by atoms with van der Waals surface area (Å²) in [6.45, 7) is 0. The molecule has 0 aliphatic carbocycles. The first-order chi connectivity index (χ1) is 17.3. The second-order valence-corrected chi connectivity index (χ2v) is 9.93. The van der Waals surface area contributed by atoms with Gasteiger partial charge >= 0.3 is 0 Å². The largest absolute Gasteiger partial charge is 0.289 e. The van der Waals surface area contributed by atoms with E-state index in [1.54, 1.807) is 11.3 Å². The van der Waals surface area contributed by atoms with E-state index in [2.05, 4.69) is 91.0 Å². The lowest BCUT2D eigenvalue weighted by Crippen LogP contribution is -2.01. The van der Waals surface area contributed by atoms with Gasteiger partial charge in [-0.2, -0.15) is 0 Å². The Morgan fingerprint density at radius 3 is 1.49 bits per heavy atom. The number of hydrogen-bond donors (Lipinski definition) is 0. The Kier molecular flexibility index (Phi) is 4.54. The van der Waals surface area contributed by atoms with Crippen LogP contribution in [0.1, 0.15) is 0 Å². The van der Waals surface area contributed by atoms with Gasteiger partial charge in [0.15, 0.2) is 5.43 Å². The predicted octanol–water partition coefficient (Wildman–Crippen LogP) is 9.06. The van der Waals surface area contributed by atoms with Crippen LogP contribution in [0.4, 0.5) is 0 Å². The van der Waals surface area contributed by atoms with Crippen LogP contribution in [-0.2, 0) is 0 Å². The summed E-state index contributed by atoms with van der Waals surface area (Å²) in [4.78, 5) is 13.6. The molecule has 0 spiro atoms. The lowest BCUT2D eigenvalue weighted by Gasteiger charge is -2.18. The molecule has 7 aromatic rings. The normalized spacial score (nSPS) is 11.5. The van der Waals surface area contributed by atoms with E-state index in [4.69, 9.17) is 0 Å². The predicted molar refractivity (Wildman–Crippen MR) is 151 cm³/mol. The van der Waals surface area contributed by atoms with Crippen molar-refractivity contribution in [3.63, 3.8) is 0 Å². The summed E-state index contributed by atoms with van der Waals surface area (Å²) in [6, 6.07) is 42.1. The highest BCUT2D eigenvalue weighted by Gasteiger charge is 2.18. The van der Waals surface area contributed by atoms with Crippen LogP contribution in [0.3, 0.4) is 0 Å². The van der Waals surface area contributed by atoms with Crippen LogP contribution in [0, 0.1) is 0 Å². The molecule has 35 heavy (non-hydrogen) atoms. The molecule has 0 N–H and O–H groups in total. The average molecular weight is 465 g/mol. The number of benzene rings is 6. The molecule has 0 bridgehead atoms. The molecular weight excluding hydrogens is 444 g/mol. The zero-order valence-electron chi connectivity index (χ0n) is 18.9. The Hall–Kier alpha value is -4.27. The SMILES string of the molecule is O=c1c2ccccc2sc2cc3c(-c4ccccc4)c4ccccc4c(-c4ccccc4)c3cc12. The van der Waals surface area contributed by atoms with Gasteiger partial charge in [0.05, 0.1) is 0 Å². The van der Waals surface area contributed by atoms with E-state index in [1.807, 2.05) is 30.3 Å². The third-order valence-corrected chi connectivity index (χ3v) is 7.98. The smallest absolute Gasteiger partial charge is 0.195 e. The van der Waals surface area contributed by atoms with Gasteiger partial charge in [-0.25, -0.2) is 0 Å². The summed E-state index contributed by atoms with van der Waals surface area (Å²) in [5.41, 5.74) is 4.83. The fourth-order valence-electron chi connectivity index (χ4n) is 5.30. The fourth-order valence-corrected chi connectivity index (χ4v) is 6.40. The van der Waals surface area contributed by atoms with Crippen molar-refractivity contribution < 1.29 is 0 Å². The number of hydrogen-bond acceptors (Lipinski definition) is 2. The molecule has 164 valence electrons. The summed E-state index contributed by atoms with van der Waals surface area (Å²) >= 11 is 1.69. The van der Waals surface area contributed by atoms with Crippen LogP contribution in [-0.4, -0.2) is 0 Å². The Bertz CT molecular complexity index is 1950. The monoisotopic (exact) mass is 464 g/mol. The third-order valence-electron chi connectivity index (χ3n) is 6.85. The molecular formula is C33H20OS. The van der Waals surface area contributed by atoms with Crippen molar-refractivity contribution in [3.05, 3.63) is 132 Å². The average Bonchev–Trinajstić information content (AvgIpc) is 2.92. The Labute approximate surface area is 206 Å². The summed E-state index contributed by atoms with van der Waals surface area (Å²) in [7, 11) is 0.